The van der Waals surface area contributed by atoms with E-state index in [1.54, 1.807) is 0 Å². The van der Waals surface area contributed by atoms with E-state index in [-0.39, 0.29) is 11.4 Å². The van der Waals surface area contributed by atoms with Gasteiger partial charge in [-0.05, 0) is 0 Å². The van der Waals surface area contributed by atoms with Crippen molar-refractivity contribution in [1.29, 1.82) is 0 Å². The van der Waals surface area contributed by atoms with Crippen LogP contribution in [0.25, 0.3) is 11.4 Å². The Morgan fingerprint density at radius 1 is 1.31 bits per heavy atom. The van der Waals surface area contributed by atoms with E-state index in [0.29, 0.717) is 6.07 Å². The van der Waals surface area contributed by atoms with Crippen molar-refractivity contribution in [3.8, 4) is 11.4 Å². The quantitative estimate of drug-likeness (QED) is 0.563. The van der Waals surface area contributed by atoms with Gasteiger partial charge in [0, 0.05) is 0 Å². The molecule has 0 saturated heterocycles. The molecule has 16 heavy (non-hydrogen) atoms. The van der Waals surface area contributed by atoms with Crippen LogP contribution in [0.15, 0.2) is 12.1 Å². The standard InChI is InChI=1S/C7H3F3N3O2Se/c8-7(9,10)3-1-4-6(12-16-11-4)5(2-3)13(14)15/h1-2,11H/q-1. The molecule has 0 spiro atoms. The molecule has 0 saturated carbocycles. The van der Waals surface area contributed by atoms with E-state index in [9.17, 15) is 23.6 Å². The van der Waals surface area contributed by atoms with E-state index < -0.39 is 37.0 Å². The van der Waals surface area contributed by atoms with Gasteiger partial charge in [-0.15, -0.1) is 0 Å². The SMILES string of the molecule is [O-][N+]([O-])=c1cc(C(F)(F)F)cc2[nH][se]nc1-2. The molecule has 0 unspecified atom stereocenters. The van der Waals surface area contributed by atoms with Gasteiger partial charge in [-0.1, -0.05) is 0 Å². The molecule has 0 amide bonds. The topological polar surface area (TPSA) is 77.8 Å². The van der Waals surface area contributed by atoms with Crippen LogP contribution in [0.2, 0.25) is 0 Å². The molecule has 0 aromatic heterocycles. The average Bonchev–Trinajstić information content (AvgIpc) is 2.61. The van der Waals surface area contributed by atoms with E-state index in [4.69, 9.17) is 0 Å². The zero-order valence-corrected chi connectivity index (χ0v) is 9.12. The van der Waals surface area contributed by atoms with E-state index >= 15 is 0 Å². The van der Waals surface area contributed by atoms with Gasteiger partial charge >= 0.3 is 92.0 Å². The Labute approximate surface area is 92.6 Å². The molecule has 0 atom stereocenters. The number of halogens is 3. The van der Waals surface area contributed by atoms with Crippen LogP contribution in [0.3, 0.4) is 0 Å². The van der Waals surface area contributed by atoms with Gasteiger partial charge in [-0.2, -0.15) is 0 Å². The van der Waals surface area contributed by atoms with Crippen molar-refractivity contribution >= 4 is 15.0 Å². The molecular formula is C7H3F3N3O2Se-. The van der Waals surface area contributed by atoms with E-state index in [1.807, 2.05) is 0 Å². The van der Waals surface area contributed by atoms with Crippen molar-refractivity contribution in [2.45, 2.75) is 6.18 Å². The molecule has 2 rings (SSSR count). The number of H-pyrrole nitrogens is 1. The number of hydrogen-bond donors (Lipinski definition) is 1. The fourth-order valence-electron chi connectivity index (χ4n) is 1.21. The minimum absolute atomic E-state index is 0.00185. The average molecular weight is 297 g/mol. The van der Waals surface area contributed by atoms with Crippen LogP contribution in [-0.4, -0.2) is 22.9 Å². The second-order valence-corrected chi connectivity index (χ2v) is 4.13. The summed E-state index contributed by atoms with van der Waals surface area (Å²) in [5.74, 6) is 0. The van der Waals surface area contributed by atoms with E-state index in [2.05, 4.69) is 7.96 Å². The summed E-state index contributed by atoms with van der Waals surface area (Å²) in [4.78, 5) is -0.860. The summed E-state index contributed by atoms with van der Waals surface area (Å²) >= 11 is -0.475. The van der Waals surface area contributed by atoms with Crippen LogP contribution >= 0.6 is 0 Å². The van der Waals surface area contributed by atoms with Crippen LogP contribution in [0, 0.1) is 10.4 Å². The van der Waals surface area contributed by atoms with Crippen molar-refractivity contribution in [2.75, 3.05) is 0 Å². The van der Waals surface area contributed by atoms with E-state index in [0.717, 1.165) is 6.07 Å². The van der Waals surface area contributed by atoms with Gasteiger partial charge in [0.1, 0.15) is 0 Å². The molecule has 0 bridgehead atoms. The molecule has 0 fully saturated rings. The normalized spacial score (nSPS) is 11.9. The van der Waals surface area contributed by atoms with Crippen molar-refractivity contribution in [1.82, 2.24) is 12.9 Å². The van der Waals surface area contributed by atoms with Crippen LogP contribution < -0.4 is 10.3 Å². The third-order valence-electron chi connectivity index (χ3n) is 1.91. The number of aromatic nitrogens is 2. The number of fused-ring (bicyclic) bond motifs is 1. The third-order valence-corrected chi connectivity index (χ3v) is 3.13. The number of benzene rings is 1. The molecule has 0 radical (unpaired) electrons. The first-order valence-corrected chi connectivity index (χ1v) is 5.54. The third kappa shape index (κ3) is 1.79. The summed E-state index contributed by atoms with van der Waals surface area (Å²) in [6, 6.07) is 1.34. The summed E-state index contributed by atoms with van der Waals surface area (Å²) in [6.45, 7) is 0. The summed E-state index contributed by atoms with van der Waals surface area (Å²) in [5, 5.41) is 20.6. The summed E-state index contributed by atoms with van der Waals surface area (Å²) in [5.41, 5.74) is -0.974. The first-order chi connectivity index (χ1) is 7.39. The maximum absolute atomic E-state index is 12.4. The second-order valence-electron chi connectivity index (χ2n) is 2.93. The fraction of sp³-hybridized carbons (Fsp3) is 0.143. The second kappa shape index (κ2) is 3.53. The summed E-state index contributed by atoms with van der Waals surface area (Å²) < 4.78 is 43.7. The molecule has 0 aromatic carbocycles. The molecular weight excluding hydrogens is 294 g/mol. The molecule has 5 nitrogen and oxygen atoms in total. The van der Waals surface area contributed by atoms with Crippen molar-refractivity contribution in [3.05, 3.63) is 33.5 Å². The summed E-state index contributed by atoms with van der Waals surface area (Å²) in [7, 11) is 0. The Bertz CT molecular complexity index is 555. The van der Waals surface area contributed by atoms with Crippen molar-refractivity contribution in [3.63, 3.8) is 0 Å². The minimum atomic E-state index is -4.60. The Balaban J connectivity index is 2.83. The number of rotatable bonds is 0. The van der Waals surface area contributed by atoms with Crippen LogP contribution in [0.5, 0.6) is 0 Å². The first kappa shape index (κ1) is 11.0. The van der Waals surface area contributed by atoms with Crippen molar-refractivity contribution < 1.29 is 13.2 Å². The van der Waals surface area contributed by atoms with Gasteiger partial charge in [-0.25, -0.2) is 0 Å². The number of nitrogens with one attached hydrogen (secondary N) is 1. The fourth-order valence-corrected chi connectivity index (χ4v) is 2.44. The van der Waals surface area contributed by atoms with Crippen LogP contribution in [-0.2, 0) is 6.18 Å². The van der Waals surface area contributed by atoms with Gasteiger partial charge in [0.05, 0.1) is 0 Å². The summed E-state index contributed by atoms with van der Waals surface area (Å²) in [6.07, 6.45) is -4.60. The number of hydrogen-bond acceptors (Lipinski definition) is 3. The first-order valence-electron chi connectivity index (χ1n) is 3.92. The number of aromatic amines is 1. The van der Waals surface area contributed by atoms with Gasteiger partial charge in [0.2, 0.25) is 0 Å². The molecule has 86 valence electrons. The predicted molar refractivity (Wildman–Crippen MR) is 49.2 cm³/mol. The Hall–Kier alpha value is -1.47. The molecule has 1 heterocycles. The Morgan fingerprint density at radius 2 is 2.00 bits per heavy atom. The van der Waals surface area contributed by atoms with Gasteiger partial charge < -0.3 is 0 Å². The van der Waals surface area contributed by atoms with Gasteiger partial charge in [0.15, 0.2) is 0 Å². The maximum atomic E-state index is 12.4. The van der Waals surface area contributed by atoms with Crippen LogP contribution in [0.1, 0.15) is 5.56 Å². The molecule has 9 heteroatoms. The van der Waals surface area contributed by atoms with Gasteiger partial charge in [0.25, 0.3) is 0 Å². The predicted octanol–water partition coefficient (Wildman–Crippen LogP) is 0.358. The monoisotopic (exact) mass is 298 g/mol. The molecule has 1 N–H and O–H groups in total. The number of alkyl halides is 3. The van der Waals surface area contributed by atoms with Crippen LogP contribution in [0.4, 0.5) is 13.2 Å². The molecule has 0 aromatic rings. The zero-order chi connectivity index (χ0) is 11.9. The zero-order valence-electron chi connectivity index (χ0n) is 7.41. The molecule has 2 aliphatic rings. The van der Waals surface area contributed by atoms with Crippen molar-refractivity contribution in [2.24, 2.45) is 0 Å². The Kier molecular flexibility index (Phi) is 2.43. The Morgan fingerprint density at radius 3 is 2.56 bits per heavy atom. The van der Waals surface area contributed by atoms with E-state index in [1.165, 1.54) is 0 Å². The molecule has 1 aliphatic carbocycles. The van der Waals surface area contributed by atoms with Gasteiger partial charge in [-0.3, -0.25) is 0 Å². The number of nitrogens with zero attached hydrogens (tertiary/aromatic N) is 2. The molecule has 1 aliphatic heterocycles.